The summed E-state index contributed by atoms with van der Waals surface area (Å²) in [4.78, 5) is 4.19. The summed E-state index contributed by atoms with van der Waals surface area (Å²) in [5, 5.41) is 3.19. The fourth-order valence-corrected chi connectivity index (χ4v) is 1.57. The predicted molar refractivity (Wildman–Crippen MR) is 69.7 cm³/mol. The number of aromatic nitrogens is 1. The van der Waals surface area contributed by atoms with E-state index in [4.69, 9.17) is 10.5 Å². The SMILES string of the molecule is COc1ccc(C)cc1Nc1cc(N)ccn1. The van der Waals surface area contributed by atoms with E-state index in [0.717, 1.165) is 17.0 Å². The van der Waals surface area contributed by atoms with Gasteiger partial charge in [-0.3, -0.25) is 0 Å². The molecule has 0 fully saturated rings. The highest BCUT2D eigenvalue weighted by atomic mass is 16.5. The Bertz CT molecular complexity index is 526. The van der Waals surface area contributed by atoms with E-state index >= 15 is 0 Å². The van der Waals surface area contributed by atoms with Crippen molar-refractivity contribution < 1.29 is 4.74 Å². The van der Waals surface area contributed by atoms with E-state index in [1.54, 1.807) is 25.4 Å². The Morgan fingerprint density at radius 3 is 2.76 bits per heavy atom. The maximum Gasteiger partial charge on any atom is 0.142 e. The largest absolute Gasteiger partial charge is 0.495 e. The summed E-state index contributed by atoms with van der Waals surface area (Å²) in [5.74, 6) is 1.48. The lowest BCUT2D eigenvalue weighted by Crippen LogP contribution is -1.98. The van der Waals surface area contributed by atoms with E-state index in [0.29, 0.717) is 11.5 Å². The molecule has 3 N–H and O–H groups in total. The molecule has 2 aromatic rings. The molecule has 4 heteroatoms. The fourth-order valence-electron chi connectivity index (χ4n) is 1.57. The molecule has 17 heavy (non-hydrogen) atoms. The number of hydrogen-bond acceptors (Lipinski definition) is 4. The van der Waals surface area contributed by atoms with Crippen LogP contribution in [0.25, 0.3) is 0 Å². The highest BCUT2D eigenvalue weighted by molar-refractivity contribution is 5.66. The van der Waals surface area contributed by atoms with Gasteiger partial charge >= 0.3 is 0 Å². The number of anilines is 3. The van der Waals surface area contributed by atoms with Gasteiger partial charge in [0, 0.05) is 18.0 Å². The lowest BCUT2D eigenvalue weighted by atomic mass is 10.2. The van der Waals surface area contributed by atoms with Gasteiger partial charge in [0.2, 0.25) is 0 Å². The Balaban J connectivity index is 2.32. The normalized spacial score (nSPS) is 10.0. The number of benzene rings is 1. The zero-order valence-corrected chi connectivity index (χ0v) is 9.90. The van der Waals surface area contributed by atoms with Gasteiger partial charge < -0.3 is 15.8 Å². The summed E-state index contributed by atoms with van der Waals surface area (Å²) in [7, 11) is 1.64. The maximum absolute atomic E-state index is 5.70. The van der Waals surface area contributed by atoms with Crippen molar-refractivity contribution in [2.75, 3.05) is 18.2 Å². The van der Waals surface area contributed by atoms with Crippen molar-refractivity contribution >= 4 is 17.2 Å². The van der Waals surface area contributed by atoms with Crippen molar-refractivity contribution in [2.45, 2.75) is 6.92 Å². The first kappa shape index (κ1) is 11.3. The molecule has 0 radical (unpaired) electrons. The molecular formula is C13H15N3O. The summed E-state index contributed by atoms with van der Waals surface area (Å²) in [6, 6.07) is 9.45. The number of methoxy groups -OCH3 is 1. The second kappa shape index (κ2) is 4.74. The minimum Gasteiger partial charge on any atom is -0.495 e. The van der Waals surface area contributed by atoms with E-state index in [9.17, 15) is 0 Å². The number of ether oxygens (including phenoxy) is 1. The summed E-state index contributed by atoms with van der Waals surface area (Å²) in [5.41, 5.74) is 8.41. The van der Waals surface area contributed by atoms with Crippen LogP contribution in [-0.2, 0) is 0 Å². The zero-order valence-electron chi connectivity index (χ0n) is 9.90. The molecule has 0 aliphatic heterocycles. The van der Waals surface area contributed by atoms with Crippen LogP contribution in [0.4, 0.5) is 17.2 Å². The van der Waals surface area contributed by atoms with Crippen molar-refractivity contribution in [1.29, 1.82) is 0 Å². The Labute approximate surface area is 100 Å². The molecular weight excluding hydrogens is 214 g/mol. The van der Waals surface area contributed by atoms with Crippen LogP contribution in [-0.4, -0.2) is 12.1 Å². The van der Waals surface area contributed by atoms with Crippen LogP contribution in [0, 0.1) is 6.92 Å². The topological polar surface area (TPSA) is 60.2 Å². The van der Waals surface area contributed by atoms with Crippen molar-refractivity contribution in [2.24, 2.45) is 0 Å². The Morgan fingerprint density at radius 2 is 2.06 bits per heavy atom. The van der Waals surface area contributed by atoms with Gasteiger partial charge in [0.15, 0.2) is 0 Å². The minimum absolute atomic E-state index is 0.675. The van der Waals surface area contributed by atoms with Gasteiger partial charge in [-0.15, -0.1) is 0 Å². The monoisotopic (exact) mass is 229 g/mol. The number of aryl methyl sites for hydroxylation is 1. The van der Waals surface area contributed by atoms with Crippen LogP contribution in [0.2, 0.25) is 0 Å². The smallest absolute Gasteiger partial charge is 0.142 e. The van der Waals surface area contributed by atoms with Gasteiger partial charge in [-0.1, -0.05) is 6.07 Å². The molecule has 0 saturated carbocycles. The molecule has 0 aliphatic carbocycles. The van der Waals surface area contributed by atoms with Gasteiger partial charge in [-0.2, -0.15) is 0 Å². The minimum atomic E-state index is 0.675. The van der Waals surface area contributed by atoms with Gasteiger partial charge in [-0.05, 0) is 30.7 Å². The molecule has 0 saturated heterocycles. The second-order valence-corrected chi connectivity index (χ2v) is 3.80. The Kier molecular flexibility index (Phi) is 3.14. The first-order valence-electron chi connectivity index (χ1n) is 5.32. The van der Waals surface area contributed by atoms with Gasteiger partial charge in [0.05, 0.1) is 12.8 Å². The van der Waals surface area contributed by atoms with Crippen molar-refractivity contribution in [3.05, 3.63) is 42.1 Å². The van der Waals surface area contributed by atoms with Crippen LogP contribution in [0.15, 0.2) is 36.5 Å². The molecule has 0 atom stereocenters. The van der Waals surface area contributed by atoms with Gasteiger partial charge in [0.25, 0.3) is 0 Å². The molecule has 0 bridgehead atoms. The maximum atomic E-state index is 5.70. The molecule has 2 rings (SSSR count). The molecule has 1 aromatic heterocycles. The second-order valence-electron chi connectivity index (χ2n) is 3.80. The molecule has 0 spiro atoms. The summed E-state index contributed by atoms with van der Waals surface area (Å²) < 4.78 is 5.28. The number of nitrogen functional groups attached to an aromatic ring is 1. The highest BCUT2D eigenvalue weighted by Gasteiger charge is 2.04. The number of nitrogens with zero attached hydrogens (tertiary/aromatic N) is 1. The number of rotatable bonds is 3. The first-order chi connectivity index (χ1) is 8.19. The molecule has 88 valence electrons. The summed E-state index contributed by atoms with van der Waals surface area (Å²) in [6.45, 7) is 2.03. The van der Waals surface area contributed by atoms with Crippen molar-refractivity contribution in [1.82, 2.24) is 4.98 Å². The lowest BCUT2D eigenvalue weighted by Gasteiger charge is -2.11. The number of nitrogens with one attached hydrogen (secondary N) is 1. The predicted octanol–water partition coefficient (Wildman–Crippen LogP) is 2.72. The Hall–Kier alpha value is -2.23. The van der Waals surface area contributed by atoms with E-state index in [1.165, 1.54) is 0 Å². The summed E-state index contributed by atoms with van der Waals surface area (Å²) in [6.07, 6.45) is 1.67. The van der Waals surface area contributed by atoms with E-state index in [2.05, 4.69) is 10.3 Å². The van der Waals surface area contributed by atoms with Gasteiger partial charge in [-0.25, -0.2) is 4.98 Å². The molecule has 4 nitrogen and oxygen atoms in total. The van der Waals surface area contributed by atoms with E-state index in [1.807, 2.05) is 25.1 Å². The van der Waals surface area contributed by atoms with Gasteiger partial charge in [0.1, 0.15) is 11.6 Å². The van der Waals surface area contributed by atoms with E-state index < -0.39 is 0 Å². The summed E-state index contributed by atoms with van der Waals surface area (Å²) >= 11 is 0. The highest BCUT2D eigenvalue weighted by Crippen LogP contribution is 2.28. The fraction of sp³-hybridized carbons (Fsp3) is 0.154. The standard InChI is InChI=1S/C13H15N3O/c1-9-3-4-12(17-2)11(7-9)16-13-8-10(14)5-6-15-13/h3-8H,1-2H3,(H3,14,15,16). The lowest BCUT2D eigenvalue weighted by molar-refractivity contribution is 0.416. The molecule has 1 aromatic carbocycles. The van der Waals surface area contributed by atoms with Crippen LogP contribution in [0.1, 0.15) is 5.56 Å². The van der Waals surface area contributed by atoms with Crippen LogP contribution < -0.4 is 15.8 Å². The molecule has 0 amide bonds. The third-order valence-corrected chi connectivity index (χ3v) is 2.40. The zero-order chi connectivity index (χ0) is 12.3. The Morgan fingerprint density at radius 1 is 1.24 bits per heavy atom. The van der Waals surface area contributed by atoms with Crippen molar-refractivity contribution in [3.63, 3.8) is 0 Å². The quantitative estimate of drug-likeness (QED) is 0.849. The van der Waals surface area contributed by atoms with Crippen LogP contribution >= 0.6 is 0 Å². The average Bonchev–Trinajstić information content (AvgIpc) is 2.29. The molecule has 0 unspecified atom stereocenters. The van der Waals surface area contributed by atoms with E-state index in [-0.39, 0.29) is 0 Å². The molecule has 1 heterocycles. The third-order valence-electron chi connectivity index (χ3n) is 2.40. The third kappa shape index (κ3) is 2.66. The average molecular weight is 229 g/mol. The number of hydrogen-bond donors (Lipinski definition) is 2. The van der Waals surface area contributed by atoms with Crippen LogP contribution in [0.5, 0.6) is 5.75 Å². The number of pyridine rings is 1. The number of nitrogens with two attached hydrogens (primary N) is 1. The van der Waals surface area contributed by atoms with Crippen molar-refractivity contribution in [3.8, 4) is 5.75 Å². The first-order valence-corrected chi connectivity index (χ1v) is 5.32. The van der Waals surface area contributed by atoms with Crippen LogP contribution in [0.3, 0.4) is 0 Å². The molecule has 0 aliphatic rings.